The van der Waals surface area contributed by atoms with Gasteiger partial charge in [-0.2, -0.15) is 11.8 Å². The second-order valence-corrected chi connectivity index (χ2v) is 7.44. The minimum absolute atomic E-state index is 0.167. The van der Waals surface area contributed by atoms with Crippen LogP contribution < -0.4 is 10.5 Å². The van der Waals surface area contributed by atoms with E-state index in [1.54, 1.807) is 37.7 Å². The molecular weight excluding hydrogens is 296 g/mol. The summed E-state index contributed by atoms with van der Waals surface area (Å²) in [5.74, 6) is 1.51. The van der Waals surface area contributed by atoms with Gasteiger partial charge in [-0.25, -0.2) is 13.1 Å². The zero-order chi connectivity index (χ0) is 15.2. The van der Waals surface area contributed by atoms with Crippen LogP contribution in [-0.2, 0) is 10.0 Å². The summed E-state index contributed by atoms with van der Waals surface area (Å²) in [5.41, 5.74) is 7.54. The molecule has 0 radical (unpaired) electrons. The first-order valence-electron chi connectivity index (χ1n) is 6.44. The highest BCUT2D eigenvalue weighted by Crippen LogP contribution is 2.24. The van der Waals surface area contributed by atoms with Gasteiger partial charge in [0.25, 0.3) is 0 Å². The minimum atomic E-state index is -3.53. The third-order valence-corrected chi connectivity index (χ3v) is 5.72. The van der Waals surface area contributed by atoms with Crippen molar-refractivity contribution in [2.45, 2.75) is 25.2 Å². The Hall–Kier alpha value is -0.760. The standard InChI is InChI=1S/C13H22N2O3S2/c1-10-4-5-12(14)11(2)13(10)20(17,18)15-6-9-19-8-3-7-16/h4-5,15-16H,3,6-9,14H2,1-2H3. The van der Waals surface area contributed by atoms with Crippen molar-refractivity contribution in [2.75, 3.05) is 30.4 Å². The maximum absolute atomic E-state index is 12.3. The van der Waals surface area contributed by atoms with E-state index in [4.69, 9.17) is 10.8 Å². The molecule has 0 bridgehead atoms. The number of nitrogens with two attached hydrogens (primary N) is 1. The molecule has 0 heterocycles. The molecule has 1 aromatic rings. The van der Waals surface area contributed by atoms with Crippen LogP contribution in [-0.4, -0.2) is 38.2 Å². The molecule has 1 aromatic carbocycles. The lowest BCUT2D eigenvalue weighted by molar-refractivity contribution is 0.296. The van der Waals surface area contributed by atoms with Crippen molar-refractivity contribution in [1.82, 2.24) is 4.72 Å². The van der Waals surface area contributed by atoms with Crippen molar-refractivity contribution >= 4 is 27.5 Å². The summed E-state index contributed by atoms with van der Waals surface area (Å²) in [4.78, 5) is 0.276. The van der Waals surface area contributed by atoms with Crippen molar-refractivity contribution in [2.24, 2.45) is 0 Å². The number of nitrogen functional groups attached to an aromatic ring is 1. The Morgan fingerprint density at radius 1 is 1.30 bits per heavy atom. The highest BCUT2D eigenvalue weighted by molar-refractivity contribution is 7.99. The van der Waals surface area contributed by atoms with Gasteiger partial charge in [0.1, 0.15) is 0 Å². The number of aliphatic hydroxyl groups is 1. The number of rotatable bonds is 8. The van der Waals surface area contributed by atoms with Crippen molar-refractivity contribution in [1.29, 1.82) is 0 Å². The second kappa shape index (κ2) is 7.87. The molecule has 0 unspecified atom stereocenters. The van der Waals surface area contributed by atoms with Gasteiger partial charge in [0.2, 0.25) is 10.0 Å². The summed E-state index contributed by atoms with van der Waals surface area (Å²) in [6.07, 6.45) is 0.727. The van der Waals surface area contributed by atoms with E-state index < -0.39 is 10.0 Å². The summed E-state index contributed by atoms with van der Waals surface area (Å²) in [6, 6.07) is 3.43. The van der Waals surface area contributed by atoms with Crippen molar-refractivity contribution in [3.05, 3.63) is 23.3 Å². The van der Waals surface area contributed by atoms with Gasteiger partial charge in [0, 0.05) is 24.6 Å². The molecule has 0 aliphatic carbocycles. The first-order chi connectivity index (χ1) is 9.40. The number of hydrogen-bond donors (Lipinski definition) is 3. The fourth-order valence-corrected chi connectivity index (χ4v) is 4.29. The van der Waals surface area contributed by atoms with Crippen LogP contribution in [0.15, 0.2) is 17.0 Å². The smallest absolute Gasteiger partial charge is 0.241 e. The Balaban J connectivity index is 2.68. The van der Waals surface area contributed by atoms with E-state index in [1.165, 1.54) is 0 Å². The van der Waals surface area contributed by atoms with Crippen molar-refractivity contribution in [3.63, 3.8) is 0 Å². The highest BCUT2D eigenvalue weighted by atomic mass is 32.2. The SMILES string of the molecule is Cc1ccc(N)c(C)c1S(=O)(=O)NCCSCCCO. The van der Waals surface area contributed by atoms with Gasteiger partial charge in [0.15, 0.2) is 0 Å². The largest absolute Gasteiger partial charge is 0.398 e. The molecule has 0 saturated carbocycles. The quantitative estimate of drug-likeness (QED) is 0.496. The zero-order valence-electron chi connectivity index (χ0n) is 11.8. The van der Waals surface area contributed by atoms with E-state index in [0.717, 1.165) is 12.2 Å². The van der Waals surface area contributed by atoms with Crippen LogP contribution in [0.25, 0.3) is 0 Å². The van der Waals surface area contributed by atoms with Gasteiger partial charge >= 0.3 is 0 Å². The first kappa shape index (κ1) is 17.3. The summed E-state index contributed by atoms with van der Waals surface area (Å²) in [5, 5.41) is 8.65. The summed E-state index contributed by atoms with van der Waals surface area (Å²) in [6.45, 7) is 4.01. The van der Waals surface area contributed by atoms with E-state index in [2.05, 4.69) is 4.72 Å². The van der Waals surface area contributed by atoms with Crippen molar-refractivity contribution < 1.29 is 13.5 Å². The summed E-state index contributed by atoms with van der Waals surface area (Å²) in [7, 11) is -3.53. The fourth-order valence-electron chi connectivity index (χ4n) is 1.84. The summed E-state index contributed by atoms with van der Waals surface area (Å²) < 4.78 is 27.2. The van der Waals surface area contributed by atoms with E-state index in [0.29, 0.717) is 29.1 Å². The van der Waals surface area contributed by atoms with Gasteiger partial charge in [-0.3, -0.25) is 0 Å². The molecule has 4 N–H and O–H groups in total. The number of sulfonamides is 1. The van der Waals surface area contributed by atoms with Crippen LogP contribution in [0.4, 0.5) is 5.69 Å². The predicted octanol–water partition coefficient (Wildman–Crippen LogP) is 1.28. The van der Waals surface area contributed by atoms with Crippen LogP contribution >= 0.6 is 11.8 Å². The maximum atomic E-state index is 12.3. The molecule has 7 heteroatoms. The average Bonchev–Trinajstić information content (AvgIpc) is 2.38. The topological polar surface area (TPSA) is 92.4 Å². The minimum Gasteiger partial charge on any atom is -0.398 e. The Labute approximate surface area is 125 Å². The molecule has 1 rings (SSSR count). The molecule has 114 valence electrons. The van der Waals surface area contributed by atoms with Crippen LogP contribution in [0, 0.1) is 13.8 Å². The third-order valence-electron chi connectivity index (χ3n) is 2.90. The fraction of sp³-hybridized carbons (Fsp3) is 0.538. The van der Waals surface area contributed by atoms with Gasteiger partial charge in [-0.15, -0.1) is 0 Å². The molecule has 0 atom stereocenters. The molecule has 0 amide bonds. The number of aliphatic hydroxyl groups excluding tert-OH is 1. The number of hydrogen-bond acceptors (Lipinski definition) is 5. The van der Waals surface area contributed by atoms with Crippen molar-refractivity contribution in [3.8, 4) is 0 Å². The third kappa shape index (κ3) is 4.66. The first-order valence-corrected chi connectivity index (χ1v) is 9.08. The molecule has 20 heavy (non-hydrogen) atoms. The Kier molecular flexibility index (Phi) is 6.81. The molecule has 0 saturated heterocycles. The van der Waals surface area contributed by atoms with Crippen LogP contribution in [0.1, 0.15) is 17.5 Å². The number of aryl methyl sites for hydroxylation is 1. The van der Waals surface area contributed by atoms with Gasteiger partial charge in [-0.1, -0.05) is 6.07 Å². The molecule has 0 fully saturated rings. The lowest BCUT2D eigenvalue weighted by Crippen LogP contribution is -2.27. The van der Waals surface area contributed by atoms with E-state index in [-0.39, 0.29) is 11.5 Å². The molecule has 0 aliphatic rings. The maximum Gasteiger partial charge on any atom is 0.241 e. The van der Waals surface area contributed by atoms with Gasteiger partial charge < -0.3 is 10.8 Å². The zero-order valence-corrected chi connectivity index (χ0v) is 13.5. The number of thioether (sulfide) groups is 1. The normalized spacial score (nSPS) is 11.8. The number of nitrogens with one attached hydrogen (secondary N) is 1. The van der Waals surface area contributed by atoms with Gasteiger partial charge in [0.05, 0.1) is 4.90 Å². The van der Waals surface area contributed by atoms with E-state index in [9.17, 15) is 8.42 Å². The molecule has 0 aliphatic heterocycles. The lowest BCUT2D eigenvalue weighted by atomic mass is 10.1. The average molecular weight is 318 g/mol. The van der Waals surface area contributed by atoms with Gasteiger partial charge in [-0.05, 0) is 43.2 Å². The predicted molar refractivity (Wildman–Crippen MR) is 84.5 cm³/mol. The van der Waals surface area contributed by atoms with Crippen LogP contribution in [0.5, 0.6) is 0 Å². The highest BCUT2D eigenvalue weighted by Gasteiger charge is 2.20. The summed E-state index contributed by atoms with van der Waals surface area (Å²) >= 11 is 1.61. The number of anilines is 1. The molecule has 0 aromatic heterocycles. The molecule has 5 nitrogen and oxygen atoms in total. The second-order valence-electron chi connectivity index (χ2n) is 4.51. The van der Waals surface area contributed by atoms with E-state index >= 15 is 0 Å². The molecular formula is C13H22N2O3S2. The van der Waals surface area contributed by atoms with Crippen LogP contribution in [0.2, 0.25) is 0 Å². The molecule has 0 spiro atoms. The Bertz CT molecular complexity index is 545. The van der Waals surface area contributed by atoms with Crippen LogP contribution in [0.3, 0.4) is 0 Å². The number of benzene rings is 1. The lowest BCUT2D eigenvalue weighted by Gasteiger charge is -2.13. The Morgan fingerprint density at radius 2 is 2.00 bits per heavy atom. The monoisotopic (exact) mass is 318 g/mol. The van der Waals surface area contributed by atoms with E-state index in [1.807, 2.05) is 0 Å². The Morgan fingerprint density at radius 3 is 2.65 bits per heavy atom.